The molecule has 0 amide bonds. The van der Waals surface area contributed by atoms with Crippen molar-refractivity contribution in [2.45, 2.75) is 52.9 Å². The first-order chi connectivity index (χ1) is 7.77. The Hall–Kier alpha value is -0.480. The minimum atomic E-state index is 0.898. The highest BCUT2D eigenvalue weighted by molar-refractivity contribution is 4.95. The fraction of sp³-hybridized carbons (Fsp3) is 0.867. The zero-order chi connectivity index (χ0) is 11.8. The van der Waals surface area contributed by atoms with E-state index < -0.39 is 0 Å². The highest BCUT2D eigenvalue weighted by Crippen LogP contribution is 2.35. The van der Waals surface area contributed by atoms with Crippen molar-refractivity contribution in [3.63, 3.8) is 0 Å². The molecular formula is C15H27N. The molecule has 3 unspecified atom stereocenters. The van der Waals surface area contributed by atoms with Gasteiger partial charge in [-0.2, -0.15) is 0 Å². The highest BCUT2D eigenvalue weighted by Gasteiger charge is 2.27. The van der Waals surface area contributed by atoms with E-state index in [1.807, 2.05) is 6.92 Å². The van der Waals surface area contributed by atoms with Gasteiger partial charge in [-0.25, -0.2) is 0 Å². The Morgan fingerprint density at radius 2 is 2.06 bits per heavy atom. The molecule has 0 bridgehead atoms. The van der Waals surface area contributed by atoms with E-state index in [4.69, 9.17) is 0 Å². The molecule has 1 aliphatic carbocycles. The molecule has 1 nitrogen and oxygen atoms in total. The summed E-state index contributed by atoms with van der Waals surface area (Å²) in [5.74, 6) is 8.96. The smallest absolute Gasteiger partial charge is 0.00913 e. The van der Waals surface area contributed by atoms with Crippen LogP contribution in [0.3, 0.4) is 0 Å². The van der Waals surface area contributed by atoms with E-state index in [0.29, 0.717) is 0 Å². The molecule has 3 atom stereocenters. The molecule has 0 aromatic rings. The van der Waals surface area contributed by atoms with E-state index in [2.05, 4.69) is 31.0 Å². The molecule has 0 aromatic heterocycles. The van der Waals surface area contributed by atoms with Crippen molar-refractivity contribution in [1.82, 2.24) is 5.32 Å². The molecule has 92 valence electrons. The van der Waals surface area contributed by atoms with Gasteiger partial charge in [-0.3, -0.25) is 0 Å². The quantitative estimate of drug-likeness (QED) is 0.701. The maximum atomic E-state index is 3.52. The zero-order valence-corrected chi connectivity index (χ0v) is 11.2. The van der Waals surface area contributed by atoms with Crippen molar-refractivity contribution in [3.8, 4) is 11.8 Å². The molecule has 16 heavy (non-hydrogen) atoms. The van der Waals surface area contributed by atoms with Gasteiger partial charge in [0.2, 0.25) is 0 Å². The van der Waals surface area contributed by atoms with Gasteiger partial charge in [-0.05, 0) is 57.0 Å². The molecule has 0 aliphatic heterocycles. The maximum Gasteiger partial charge on any atom is 0.00913 e. The summed E-state index contributed by atoms with van der Waals surface area (Å²) in [5.41, 5.74) is 0. The van der Waals surface area contributed by atoms with Crippen molar-refractivity contribution in [1.29, 1.82) is 0 Å². The van der Waals surface area contributed by atoms with Gasteiger partial charge in [-0.15, -0.1) is 11.8 Å². The van der Waals surface area contributed by atoms with Crippen molar-refractivity contribution in [2.24, 2.45) is 17.8 Å². The van der Waals surface area contributed by atoms with Crippen LogP contribution in [0.15, 0.2) is 0 Å². The average molecular weight is 221 g/mol. The van der Waals surface area contributed by atoms with E-state index in [1.54, 1.807) is 0 Å². The normalized spacial score (nSPS) is 29.6. The van der Waals surface area contributed by atoms with E-state index in [1.165, 1.54) is 32.2 Å². The summed E-state index contributed by atoms with van der Waals surface area (Å²) in [4.78, 5) is 0. The summed E-state index contributed by atoms with van der Waals surface area (Å²) in [6.07, 6.45) is 6.66. The topological polar surface area (TPSA) is 12.0 Å². The lowest BCUT2D eigenvalue weighted by molar-refractivity contribution is 0.177. The standard InChI is InChI=1S/C15H27N/c1-4-6-7-8-14-11-13(3)9-10-15(14)12-16-5-2/h13-16H,5,7-12H2,1-3H3. The predicted octanol–water partition coefficient (Wildman–Crippen LogP) is 3.45. The molecule has 0 aromatic carbocycles. The van der Waals surface area contributed by atoms with Crippen LogP contribution in [0.25, 0.3) is 0 Å². The second kappa shape index (κ2) is 7.74. The molecule has 0 spiro atoms. The Balaban J connectivity index is 2.39. The fourth-order valence-electron chi connectivity index (χ4n) is 2.90. The lowest BCUT2D eigenvalue weighted by atomic mass is 9.73. The van der Waals surface area contributed by atoms with Crippen LogP contribution in [0.4, 0.5) is 0 Å². The number of hydrogen-bond acceptors (Lipinski definition) is 1. The SMILES string of the molecule is CC#CCCC1CC(C)CCC1CNCC. The van der Waals surface area contributed by atoms with Crippen LogP contribution in [0, 0.1) is 29.6 Å². The lowest BCUT2D eigenvalue weighted by Gasteiger charge is -2.35. The third kappa shape index (κ3) is 4.58. The minimum Gasteiger partial charge on any atom is -0.317 e. The van der Waals surface area contributed by atoms with Crippen LogP contribution in [0.1, 0.15) is 52.9 Å². The van der Waals surface area contributed by atoms with Gasteiger partial charge in [0, 0.05) is 6.42 Å². The summed E-state index contributed by atoms with van der Waals surface area (Å²) in [6.45, 7) is 8.87. The fourth-order valence-corrected chi connectivity index (χ4v) is 2.90. The van der Waals surface area contributed by atoms with Gasteiger partial charge in [0.1, 0.15) is 0 Å². The van der Waals surface area contributed by atoms with Crippen LogP contribution in [-0.4, -0.2) is 13.1 Å². The molecule has 0 saturated heterocycles. The number of rotatable bonds is 5. The largest absolute Gasteiger partial charge is 0.317 e. The second-order valence-electron chi connectivity index (χ2n) is 5.21. The van der Waals surface area contributed by atoms with Gasteiger partial charge < -0.3 is 5.32 Å². The Labute approximate surface area is 101 Å². The Kier molecular flexibility index (Phi) is 6.57. The summed E-state index contributed by atoms with van der Waals surface area (Å²) < 4.78 is 0. The van der Waals surface area contributed by atoms with Gasteiger partial charge in [-0.1, -0.05) is 20.3 Å². The molecule has 1 rings (SSSR count). The summed E-state index contributed by atoms with van der Waals surface area (Å²) in [6, 6.07) is 0. The van der Waals surface area contributed by atoms with Crippen molar-refractivity contribution < 1.29 is 0 Å². The second-order valence-corrected chi connectivity index (χ2v) is 5.21. The first-order valence-corrected chi connectivity index (χ1v) is 6.88. The van der Waals surface area contributed by atoms with E-state index in [-0.39, 0.29) is 0 Å². The average Bonchev–Trinajstić information content (AvgIpc) is 2.28. The number of nitrogens with one attached hydrogen (secondary N) is 1. The minimum absolute atomic E-state index is 0.898. The monoisotopic (exact) mass is 221 g/mol. The van der Waals surface area contributed by atoms with Crippen LogP contribution < -0.4 is 5.32 Å². The molecule has 0 heterocycles. The van der Waals surface area contributed by atoms with Crippen LogP contribution in [0.5, 0.6) is 0 Å². The van der Waals surface area contributed by atoms with E-state index >= 15 is 0 Å². The molecule has 1 heteroatoms. The van der Waals surface area contributed by atoms with Gasteiger partial charge in [0.25, 0.3) is 0 Å². The van der Waals surface area contributed by atoms with E-state index in [0.717, 1.165) is 30.7 Å². The van der Waals surface area contributed by atoms with Gasteiger partial charge >= 0.3 is 0 Å². The first-order valence-electron chi connectivity index (χ1n) is 6.88. The molecule has 1 aliphatic rings. The molecule has 0 radical (unpaired) electrons. The molecular weight excluding hydrogens is 194 g/mol. The maximum absolute atomic E-state index is 3.52. The Morgan fingerprint density at radius 3 is 2.75 bits per heavy atom. The highest BCUT2D eigenvalue weighted by atomic mass is 14.8. The van der Waals surface area contributed by atoms with Crippen molar-refractivity contribution in [3.05, 3.63) is 0 Å². The third-order valence-electron chi connectivity index (χ3n) is 3.88. The van der Waals surface area contributed by atoms with Gasteiger partial charge in [0.05, 0.1) is 0 Å². The third-order valence-corrected chi connectivity index (χ3v) is 3.88. The summed E-state index contributed by atoms with van der Waals surface area (Å²) >= 11 is 0. The zero-order valence-electron chi connectivity index (χ0n) is 11.2. The number of hydrogen-bond donors (Lipinski definition) is 1. The van der Waals surface area contributed by atoms with Crippen molar-refractivity contribution >= 4 is 0 Å². The summed E-state index contributed by atoms with van der Waals surface area (Å²) in [5, 5.41) is 3.52. The van der Waals surface area contributed by atoms with E-state index in [9.17, 15) is 0 Å². The van der Waals surface area contributed by atoms with Crippen LogP contribution >= 0.6 is 0 Å². The molecule has 1 saturated carbocycles. The van der Waals surface area contributed by atoms with Crippen LogP contribution in [-0.2, 0) is 0 Å². The van der Waals surface area contributed by atoms with Crippen molar-refractivity contribution in [2.75, 3.05) is 13.1 Å². The molecule has 1 N–H and O–H groups in total. The van der Waals surface area contributed by atoms with Gasteiger partial charge in [0.15, 0.2) is 0 Å². The lowest BCUT2D eigenvalue weighted by Crippen LogP contribution is -2.32. The molecule has 1 fully saturated rings. The van der Waals surface area contributed by atoms with Crippen LogP contribution in [0.2, 0.25) is 0 Å². The Morgan fingerprint density at radius 1 is 1.25 bits per heavy atom. The Bertz CT molecular complexity index is 234. The summed E-state index contributed by atoms with van der Waals surface area (Å²) in [7, 11) is 0. The first kappa shape index (κ1) is 13.6. The predicted molar refractivity (Wildman–Crippen MR) is 71.2 cm³/mol.